The Bertz CT molecular complexity index is 1030. The van der Waals surface area contributed by atoms with Gasteiger partial charge in [0.1, 0.15) is 11.8 Å². The number of fused-ring (bicyclic) bond motifs is 3. The van der Waals surface area contributed by atoms with Crippen LogP contribution in [0.5, 0.6) is 0 Å². The molecule has 4 atom stereocenters. The molecule has 4 rings (SSSR count). The van der Waals surface area contributed by atoms with Crippen molar-refractivity contribution < 1.29 is 9.53 Å². The Hall–Kier alpha value is -2.22. The molecule has 3 N–H and O–H groups in total. The van der Waals surface area contributed by atoms with Gasteiger partial charge in [-0.3, -0.25) is 19.1 Å². The van der Waals surface area contributed by atoms with E-state index in [0.29, 0.717) is 18.5 Å². The molecule has 1 saturated carbocycles. The van der Waals surface area contributed by atoms with Crippen molar-refractivity contribution in [2.75, 3.05) is 5.73 Å². The minimum atomic E-state index is -0.837. The van der Waals surface area contributed by atoms with Crippen LogP contribution in [-0.4, -0.2) is 30.9 Å². The summed E-state index contributed by atoms with van der Waals surface area (Å²) in [5, 5.41) is 0. The molecule has 2 aromatic heterocycles. The molecule has 158 valence electrons. The summed E-state index contributed by atoms with van der Waals surface area (Å²) in [6, 6.07) is 0. The van der Waals surface area contributed by atoms with Crippen LogP contribution in [-0.2, 0) is 9.53 Å². The highest BCUT2D eigenvalue weighted by Gasteiger charge is 2.69. The third-order valence-corrected chi connectivity index (χ3v) is 6.79. The minimum absolute atomic E-state index is 0.000452. The summed E-state index contributed by atoms with van der Waals surface area (Å²) in [6.07, 6.45) is 3.25. The maximum Gasteiger partial charge on any atom is 0.280 e. The lowest BCUT2D eigenvalue weighted by atomic mass is 9.64. The Labute approximate surface area is 170 Å². The van der Waals surface area contributed by atoms with Gasteiger partial charge >= 0.3 is 0 Å². The van der Waals surface area contributed by atoms with Gasteiger partial charge in [-0.2, -0.15) is 4.98 Å². The van der Waals surface area contributed by atoms with Crippen LogP contribution < -0.4 is 11.3 Å². The fourth-order valence-corrected chi connectivity index (χ4v) is 5.59. The van der Waals surface area contributed by atoms with E-state index in [4.69, 9.17) is 10.5 Å². The number of ether oxygens (including phenoxy) is 1. The molecule has 0 amide bonds. The molecule has 0 radical (unpaired) electrons. The molecule has 8 heteroatoms. The first-order valence-corrected chi connectivity index (χ1v) is 10.3. The lowest BCUT2D eigenvalue weighted by molar-refractivity contribution is -0.165. The molecule has 29 heavy (non-hydrogen) atoms. The summed E-state index contributed by atoms with van der Waals surface area (Å²) in [4.78, 5) is 36.5. The molecule has 3 heterocycles. The third-order valence-electron chi connectivity index (χ3n) is 6.79. The first-order chi connectivity index (χ1) is 13.4. The molecule has 0 spiro atoms. The van der Waals surface area contributed by atoms with Crippen LogP contribution in [0.2, 0.25) is 0 Å². The van der Waals surface area contributed by atoms with E-state index in [-0.39, 0.29) is 45.5 Å². The van der Waals surface area contributed by atoms with Gasteiger partial charge in [-0.05, 0) is 17.3 Å². The fourth-order valence-electron chi connectivity index (χ4n) is 5.59. The van der Waals surface area contributed by atoms with E-state index >= 15 is 0 Å². The minimum Gasteiger partial charge on any atom is -0.369 e. The molecule has 2 aromatic rings. The average molecular weight is 402 g/mol. The van der Waals surface area contributed by atoms with E-state index in [1.165, 1.54) is 0 Å². The van der Waals surface area contributed by atoms with Crippen LogP contribution in [0.4, 0.5) is 5.95 Å². The first-order valence-electron chi connectivity index (χ1n) is 10.3. The summed E-state index contributed by atoms with van der Waals surface area (Å²) in [6.45, 7) is 13.0. The number of nitrogen functional groups attached to an aromatic ring is 1. The summed E-state index contributed by atoms with van der Waals surface area (Å²) in [7, 11) is 0. The summed E-state index contributed by atoms with van der Waals surface area (Å²) in [5.41, 5.74) is 5.05. The van der Waals surface area contributed by atoms with Crippen molar-refractivity contribution in [1.29, 1.82) is 0 Å². The van der Waals surface area contributed by atoms with Crippen LogP contribution in [0, 0.1) is 22.7 Å². The van der Waals surface area contributed by atoms with Crippen LogP contribution in [0.15, 0.2) is 11.1 Å². The van der Waals surface area contributed by atoms with Crippen molar-refractivity contribution in [3.05, 3.63) is 16.7 Å². The molecule has 3 unspecified atom stereocenters. The Balaban J connectivity index is 1.87. The number of aromatic amines is 1. The van der Waals surface area contributed by atoms with Crippen molar-refractivity contribution in [2.45, 2.75) is 72.6 Å². The van der Waals surface area contributed by atoms with E-state index in [0.717, 1.165) is 6.42 Å². The number of aromatic nitrogens is 4. The molecule has 2 fully saturated rings. The SMILES string of the molecule is CCC(C)(C)C1C2CC(=O)[C@]1(CC(C)(C)C)OC2n1cnc2c(=O)[nH]c(N)nc21. The molecule has 2 bridgehead atoms. The second-order valence-corrected chi connectivity index (χ2v) is 10.5. The van der Waals surface area contributed by atoms with Crippen molar-refractivity contribution >= 4 is 22.9 Å². The van der Waals surface area contributed by atoms with E-state index in [1.54, 1.807) is 10.9 Å². The van der Waals surface area contributed by atoms with Crippen molar-refractivity contribution in [1.82, 2.24) is 19.5 Å². The molecule has 0 aromatic carbocycles. The number of nitrogens with zero attached hydrogens (tertiary/aromatic N) is 3. The molecule has 2 aliphatic rings. The number of Topliss-reactive ketones (excluding diaryl/α,β-unsaturated/α-hetero) is 1. The summed E-state index contributed by atoms with van der Waals surface area (Å²) in [5.74, 6) is 0.307. The standard InChI is InChI=1S/C21H31N5O3/c1-7-20(5,6)14-11-8-12(27)21(14,9-19(2,3)4)29-17(11)26-10-23-13-15(26)24-18(22)25-16(13)28/h10-11,14,17H,7-9H2,1-6H3,(H3,22,24,25,28)/t11?,14?,17?,21-/m0/s1. The molecule has 1 saturated heterocycles. The zero-order valence-electron chi connectivity index (χ0n) is 18.1. The monoisotopic (exact) mass is 401 g/mol. The van der Waals surface area contributed by atoms with Crippen molar-refractivity contribution in [3.8, 4) is 0 Å². The largest absolute Gasteiger partial charge is 0.369 e. The maximum atomic E-state index is 13.3. The number of hydrogen-bond donors (Lipinski definition) is 2. The Morgan fingerprint density at radius 2 is 2.00 bits per heavy atom. The number of hydrogen-bond acceptors (Lipinski definition) is 6. The molecule has 1 aliphatic carbocycles. The second-order valence-electron chi connectivity index (χ2n) is 10.5. The number of rotatable bonds is 4. The average Bonchev–Trinajstić information content (AvgIpc) is 3.21. The summed E-state index contributed by atoms with van der Waals surface area (Å²) >= 11 is 0. The van der Waals surface area contributed by atoms with Crippen LogP contribution in [0.3, 0.4) is 0 Å². The Kier molecular flexibility index (Phi) is 4.25. The number of nitrogens with two attached hydrogens (primary N) is 1. The van der Waals surface area contributed by atoms with Gasteiger partial charge in [0, 0.05) is 18.3 Å². The molecule has 8 nitrogen and oxygen atoms in total. The van der Waals surface area contributed by atoms with Gasteiger partial charge in [0.2, 0.25) is 5.95 Å². The highest BCUT2D eigenvalue weighted by molar-refractivity contribution is 5.91. The number of carbonyl (C=O) groups is 1. The van der Waals surface area contributed by atoms with Crippen molar-refractivity contribution in [2.24, 2.45) is 22.7 Å². The number of imidazole rings is 1. The van der Waals surface area contributed by atoms with Gasteiger partial charge in [0.15, 0.2) is 16.9 Å². The Morgan fingerprint density at radius 3 is 2.62 bits per heavy atom. The maximum absolute atomic E-state index is 13.3. The van der Waals surface area contributed by atoms with Gasteiger partial charge in [0.25, 0.3) is 5.56 Å². The zero-order chi connectivity index (χ0) is 21.4. The second kappa shape index (κ2) is 6.14. The molecular formula is C21H31N5O3. The van der Waals surface area contributed by atoms with E-state index in [2.05, 4.69) is 56.5 Å². The van der Waals surface area contributed by atoms with Crippen LogP contribution in [0.25, 0.3) is 11.2 Å². The third kappa shape index (κ3) is 2.91. The van der Waals surface area contributed by atoms with Gasteiger partial charge in [-0.25, -0.2) is 4.98 Å². The zero-order valence-corrected chi connectivity index (χ0v) is 18.1. The number of H-pyrrole nitrogens is 1. The van der Waals surface area contributed by atoms with E-state index in [1.807, 2.05) is 0 Å². The van der Waals surface area contributed by atoms with E-state index in [9.17, 15) is 9.59 Å². The van der Waals surface area contributed by atoms with Crippen LogP contribution >= 0.6 is 0 Å². The summed E-state index contributed by atoms with van der Waals surface area (Å²) < 4.78 is 8.44. The van der Waals surface area contributed by atoms with Gasteiger partial charge in [-0.15, -0.1) is 0 Å². The predicted octanol–water partition coefficient (Wildman–Crippen LogP) is 3.05. The highest BCUT2D eigenvalue weighted by atomic mass is 16.5. The smallest absolute Gasteiger partial charge is 0.280 e. The van der Waals surface area contributed by atoms with Gasteiger partial charge < -0.3 is 10.5 Å². The first kappa shape index (κ1) is 20.1. The number of nitrogens with one attached hydrogen (secondary N) is 1. The highest BCUT2D eigenvalue weighted by Crippen LogP contribution is 2.64. The normalized spacial score (nSPS) is 29.9. The number of ketones is 1. The molecular weight excluding hydrogens is 370 g/mol. The lowest BCUT2D eigenvalue weighted by Gasteiger charge is -2.42. The van der Waals surface area contributed by atoms with Gasteiger partial charge in [0.05, 0.1) is 6.33 Å². The lowest BCUT2D eigenvalue weighted by Crippen LogP contribution is -2.48. The number of anilines is 1. The van der Waals surface area contributed by atoms with Crippen LogP contribution in [0.1, 0.15) is 67.0 Å². The molecule has 1 aliphatic heterocycles. The van der Waals surface area contributed by atoms with Crippen molar-refractivity contribution in [3.63, 3.8) is 0 Å². The predicted molar refractivity (Wildman–Crippen MR) is 110 cm³/mol. The number of carbonyl (C=O) groups excluding carboxylic acids is 1. The Morgan fingerprint density at radius 1 is 1.31 bits per heavy atom. The van der Waals surface area contributed by atoms with Gasteiger partial charge in [-0.1, -0.05) is 48.0 Å². The topological polar surface area (TPSA) is 116 Å². The van der Waals surface area contributed by atoms with E-state index < -0.39 is 11.8 Å². The quantitative estimate of drug-likeness (QED) is 0.813. The fraction of sp³-hybridized carbons (Fsp3) is 0.714.